The number of hydrogen-bond acceptors (Lipinski definition) is 3. The van der Waals surface area contributed by atoms with Crippen LogP contribution in [0.15, 0.2) is 48.5 Å². The lowest BCUT2D eigenvalue weighted by Gasteiger charge is -2.26. The average molecular weight is 381 g/mol. The predicted octanol–water partition coefficient (Wildman–Crippen LogP) is 3.22. The van der Waals surface area contributed by atoms with Crippen LogP contribution in [-0.2, 0) is 6.54 Å². The molecule has 3 rings (SSSR count). The summed E-state index contributed by atoms with van der Waals surface area (Å²) in [5.41, 5.74) is 1.28. The van der Waals surface area contributed by atoms with Crippen LogP contribution in [0.1, 0.15) is 5.56 Å². The summed E-state index contributed by atoms with van der Waals surface area (Å²) in [5, 5.41) is 3.41. The fourth-order valence-corrected chi connectivity index (χ4v) is 2.63. The molecule has 2 aromatic rings. The Bertz CT molecular complexity index is 574. The molecule has 1 N–H and O–H groups in total. The van der Waals surface area contributed by atoms with Crippen LogP contribution < -0.4 is 14.8 Å². The maximum absolute atomic E-state index is 5.96. The van der Waals surface area contributed by atoms with E-state index in [0.29, 0.717) is 6.61 Å². The Morgan fingerprint density at radius 3 is 2.80 bits per heavy atom. The molecule has 1 heterocycles. The van der Waals surface area contributed by atoms with Crippen molar-refractivity contribution in [2.75, 3.05) is 13.2 Å². The van der Waals surface area contributed by atoms with Gasteiger partial charge in [0.1, 0.15) is 12.7 Å². The monoisotopic (exact) mass is 381 g/mol. The number of fused-ring (bicyclic) bond motifs is 1. The molecule has 2 aromatic carbocycles. The normalized spacial score (nSPS) is 16.9. The second kappa shape index (κ2) is 6.45. The second-order valence-electron chi connectivity index (χ2n) is 4.76. The first-order valence-corrected chi connectivity index (χ1v) is 7.73. The lowest BCUT2D eigenvalue weighted by molar-refractivity contribution is 0.0901. The SMILES string of the molecule is Ic1ccc2c(c1)O[C@@H](CNCc1ccccc1)CO2. The van der Waals surface area contributed by atoms with E-state index < -0.39 is 0 Å². The molecule has 1 atom stereocenters. The molecule has 1 aliphatic rings. The van der Waals surface area contributed by atoms with Crippen molar-refractivity contribution >= 4 is 22.6 Å². The molecule has 0 saturated carbocycles. The summed E-state index contributed by atoms with van der Waals surface area (Å²) >= 11 is 2.28. The quantitative estimate of drug-likeness (QED) is 0.826. The van der Waals surface area contributed by atoms with E-state index in [1.165, 1.54) is 5.56 Å². The van der Waals surface area contributed by atoms with Crippen LogP contribution in [0.5, 0.6) is 11.5 Å². The van der Waals surface area contributed by atoms with E-state index in [9.17, 15) is 0 Å². The predicted molar refractivity (Wildman–Crippen MR) is 87.2 cm³/mol. The minimum absolute atomic E-state index is 0.0596. The van der Waals surface area contributed by atoms with Gasteiger partial charge in [-0.15, -0.1) is 0 Å². The lowest BCUT2D eigenvalue weighted by atomic mass is 10.2. The van der Waals surface area contributed by atoms with Crippen LogP contribution in [0.2, 0.25) is 0 Å². The summed E-state index contributed by atoms with van der Waals surface area (Å²) in [6.07, 6.45) is 0.0596. The van der Waals surface area contributed by atoms with Gasteiger partial charge in [0, 0.05) is 16.7 Å². The van der Waals surface area contributed by atoms with Gasteiger partial charge in [-0.3, -0.25) is 0 Å². The molecule has 104 valence electrons. The summed E-state index contributed by atoms with van der Waals surface area (Å²) in [4.78, 5) is 0. The Morgan fingerprint density at radius 2 is 1.95 bits per heavy atom. The highest BCUT2D eigenvalue weighted by Crippen LogP contribution is 2.32. The minimum atomic E-state index is 0.0596. The zero-order chi connectivity index (χ0) is 13.8. The fraction of sp³-hybridized carbons (Fsp3) is 0.250. The molecule has 0 radical (unpaired) electrons. The van der Waals surface area contributed by atoms with Gasteiger partial charge in [0.05, 0.1) is 0 Å². The van der Waals surface area contributed by atoms with Gasteiger partial charge in [0.2, 0.25) is 0 Å². The van der Waals surface area contributed by atoms with Gasteiger partial charge in [0.25, 0.3) is 0 Å². The molecule has 0 aliphatic carbocycles. The zero-order valence-electron chi connectivity index (χ0n) is 11.0. The summed E-state index contributed by atoms with van der Waals surface area (Å²) in [5.74, 6) is 1.68. The van der Waals surface area contributed by atoms with E-state index in [4.69, 9.17) is 9.47 Å². The summed E-state index contributed by atoms with van der Waals surface area (Å²) in [6, 6.07) is 16.4. The summed E-state index contributed by atoms with van der Waals surface area (Å²) < 4.78 is 12.8. The van der Waals surface area contributed by atoms with E-state index in [0.717, 1.165) is 28.2 Å². The van der Waals surface area contributed by atoms with Crippen molar-refractivity contribution in [3.05, 3.63) is 57.7 Å². The third kappa shape index (κ3) is 3.43. The maximum Gasteiger partial charge on any atom is 0.162 e. The molecule has 0 saturated heterocycles. The largest absolute Gasteiger partial charge is 0.486 e. The lowest BCUT2D eigenvalue weighted by Crippen LogP contribution is -2.38. The van der Waals surface area contributed by atoms with E-state index in [-0.39, 0.29) is 6.10 Å². The van der Waals surface area contributed by atoms with Gasteiger partial charge in [-0.25, -0.2) is 0 Å². The third-order valence-electron chi connectivity index (χ3n) is 3.17. The fourth-order valence-electron chi connectivity index (χ4n) is 2.16. The molecule has 4 heteroatoms. The molecule has 0 bridgehead atoms. The van der Waals surface area contributed by atoms with Crippen LogP contribution in [0.4, 0.5) is 0 Å². The van der Waals surface area contributed by atoms with Gasteiger partial charge in [-0.05, 0) is 46.4 Å². The standard InChI is InChI=1S/C16H16INO2/c17-13-6-7-15-16(8-13)20-14(11-19-15)10-18-9-12-4-2-1-3-5-12/h1-8,14,18H,9-11H2/t14-/m0/s1. The molecule has 20 heavy (non-hydrogen) atoms. The minimum Gasteiger partial charge on any atom is -0.486 e. The third-order valence-corrected chi connectivity index (χ3v) is 3.84. The van der Waals surface area contributed by atoms with Gasteiger partial charge < -0.3 is 14.8 Å². The number of ether oxygens (including phenoxy) is 2. The number of nitrogens with one attached hydrogen (secondary N) is 1. The van der Waals surface area contributed by atoms with Gasteiger partial charge in [0.15, 0.2) is 11.5 Å². The highest BCUT2D eigenvalue weighted by molar-refractivity contribution is 14.1. The Morgan fingerprint density at radius 1 is 1.10 bits per heavy atom. The molecule has 0 unspecified atom stereocenters. The van der Waals surface area contributed by atoms with Crippen LogP contribution in [-0.4, -0.2) is 19.3 Å². The van der Waals surface area contributed by atoms with Gasteiger partial charge >= 0.3 is 0 Å². The van der Waals surface area contributed by atoms with E-state index in [1.807, 2.05) is 24.3 Å². The van der Waals surface area contributed by atoms with Crippen molar-refractivity contribution in [3.8, 4) is 11.5 Å². The molecule has 3 nitrogen and oxygen atoms in total. The van der Waals surface area contributed by atoms with Gasteiger partial charge in [-0.2, -0.15) is 0 Å². The van der Waals surface area contributed by atoms with E-state index >= 15 is 0 Å². The number of hydrogen-bond donors (Lipinski definition) is 1. The highest BCUT2D eigenvalue weighted by Gasteiger charge is 2.20. The van der Waals surface area contributed by atoms with Crippen molar-refractivity contribution < 1.29 is 9.47 Å². The van der Waals surface area contributed by atoms with Crippen LogP contribution in [0.3, 0.4) is 0 Å². The molecule has 0 amide bonds. The molecular formula is C16H16INO2. The Hall–Kier alpha value is -1.27. The summed E-state index contributed by atoms with van der Waals surface area (Å²) in [7, 11) is 0. The second-order valence-corrected chi connectivity index (χ2v) is 6.00. The topological polar surface area (TPSA) is 30.5 Å². The highest BCUT2D eigenvalue weighted by atomic mass is 127. The Kier molecular flexibility index (Phi) is 4.42. The van der Waals surface area contributed by atoms with Crippen LogP contribution in [0.25, 0.3) is 0 Å². The molecular weight excluding hydrogens is 365 g/mol. The Balaban J connectivity index is 1.53. The first-order valence-electron chi connectivity index (χ1n) is 6.65. The maximum atomic E-state index is 5.96. The van der Waals surface area contributed by atoms with Crippen molar-refractivity contribution in [2.24, 2.45) is 0 Å². The van der Waals surface area contributed by atoms with Crippen LogP contribution >= 0.6 is 22.6 Å². The number of benzene rings is 2. The van der Waals surface area contributed by atoms with E-state index in [1.54, 1.807) is 0 Å². The Labute approximate surface area is 132 Å². The van der Waals surface area contributed by atoms with Gasteiger partial charge in [-0.1, -0.05) is 30.3 Å². The molecule has 0 fully saturated rings. The first-order chi connectivity index (χ1) is 9.81. The van der Waals surface area contributed by atoms with E-state index in [2.05, 4.69) is 52.2 Å². The van der Waals surface area contributed by atoms with Crippen molar-refractivity contribution in [1.82, 2.24) is 5.32 Å². The van der Waals surface area contributed by atoms with Crippen molar-refractivity contribution in [2.45, 2.75) is 12.6 Å². The van der Waals surface area contributed by atoms with Crippen molar-refractivity contribution in [3.63, 3.8) is 0 Å². The smallest absolute Gasteiger partial charge is 0.162 e. The first kappa shape index (κ1) is 13.7. The zero-order valence-corrected chi connectivity index (χ0v) is 13.2. The average Bonchev–Trinajstić information content (AvgIpc) is 2.48. The number of rotatable bonds is 4. The summed E-state index contributed by atoms with van der Waals surface area (Å²) in [6.45, 7) is 2.22. The molecule has 0 spiro atoms. The molecule has 1 aliphatic heterocycles. The van der Waals surface area contributed by atoms with Crippen LogP contribution in [0, 0.1) is 3.57 Å². The molecule has 0 aromatic heterocycles. The van der Waals surface area contributed by atoms with Crippen molar-refractivity contribution in [1.29, 1.82) is 0 Å². The number of halogens is 1.